The maximum Gasteiger partial charge on any atom is 0.361 e. The van der Waals surface area contributed by atoms with E-state index >= 15 is 0 Å². The number of carboxylic acid groups (broad SMARTS) is 1. The van der Waals surface area contributed by atoms with Crippen molar-refractivity contribution in [3.8, 4) is 0 Å². The monoisotopic (exact) mass is 300 g/mol. The molecule has 0 heterocycles. The van der Waals surface area contributed by atoms with Crippen LogP contribution in [0.3, 0.4) is 0 Å². The molecule has 0 aromatic heterocycles. The van der Waals surface area contributed by atoms with Crippen molar-refractivity contribution in [3.63, 3.8) is 0 Å². The second-order valence-electron chi connectivity index (χ2n) is 5.30. The molecule has 0 fully saturated rings. The fraction of sp³-hybridized carbons (Fsp3) is 0.824. The predicted molar refractivity (Wildman–Crippen MR) is 85.4 cm³/mol. The van der Waals surface area contributed by atoms with Crippen LogP contribution in [0.15, 0.2) is 12.2 Å². The first kappa shape index (κ1) is 20.1. The zero-order valence-electron chi connectivity index (χ0n) is 13.7. The SMILES string of the molecule is CCCCCCC/C=C\CCCCCOC(OC)C(=O)O. The third-order valence-electron chi connectivity index (χ3n) is 3.34. The van der Waals surface area contributed by atoms with E-state index in [1.54, 1.807) is 0 Å². The van der Waals surface area contributed by atoms with Crippen LogP contribution in [0.1, 0.15) is 71.1 Å². The molecule has 4 heteroatoms. The molecule has 0 aliphatic rings. The van der Waals surface area contributed by atoms with E-state index in [2.05, 4.69) is 23.8 Å². The van der Waals surface area contributed by atoms with Crippen LogP contribution >= 0.6 is 0 Å². The van der Waals surface area contributed by atoms with Crippen molar-refractivity contribution < 1.29 is 19.4 Å². The average molecular weight is 300 g/mol. The molecule has 124 valence electrons. The number of aliphatic carboxylic acids is 1. The van der Waals surface area contributed by atoms with Crippen molar-refractivity contribution in [2.75, 3.05) is 13.7 Å². The van der Waals surface area contributed by atoms with E-state index in [1.165, 1.54) is 45.6 Å². The maximum atomic E-state index is 10.6. The number of methoxy groups -OCH3 is 1. The van der Waals surface area contributed by atoms with Crippen LogP contribution in [-0.2, 0) is 14.3 Å². The van der Waals surface area contributed by atoms with Crippen LogP contribution in [0.25, 0.3) is 0 Å². The minimum atomic E-state index is -1.13. The molecule has 0 bridgehead atoms. The maximum absolute atomic E-state index is 10.6. The number of hydrogen-bond acceptors (Lipinski definition) is 3. The molecule has 1 atom stereocenters. The predicted octanol–water partition coefficient (Wildman–Crippen LogP) is 4.54. The number of hydrogen-bond donors (Lipinski definition) is 1. The third-order valence-corrected chi connectivity index (χ3v) is 3.34. The Morgan fingerprint density at radius 3 is 2.10 bits per heavy atom. The van der Waals surface area contributed by atoms with Gasteiger partial charge in [-0.05, 0) is 32.1 Å². The summed E-state index contributed by atoms with van der Waals surface area (Å²) in [5, 5.41) is 8.71. The van der Waals surface area contributed by atoms with Crippen molar-refractivity contribution in [1.82, 2.24) is 0 Å². The van der Waals surface area contributed by atoms with E-state index in [9.17, 15) is 4.79 Å². The van der Waals surface area contributed by atoms with Crippen molar-refractivity contribution in [2.24, 2.45) is 0 Å². The summed E-state index contributed by atoms with van der Waals surface area (Å²) in [7, 11) is 1.34. The van der Waals surface area contributed by atoms with E-state index in [4.69, 9.17) is 9.84 Å². The van der Waals surface area contributed by atoms with Gasteiger partial charge in [0.1, 0.15) is 0 Å². The highest BCUT2D eigenvalue weighted by molar-refractivity contribution is 5.70. The van der Waals surface area contributed by atoms with Crippen LogP contribution in [0.4, 0.5) is 0 Å². The highest BCUT2D eigenvalue weighted by Crippen LogP contribution is 2.07. The summed E-state index contributed by atoms with van der Waals surface area (Å²) in [6.45, 7) is 2.67. The normalized spacial score (nSPS) is 12.9. The average Bonchev–Trinajstić information content (AvgIpc) is 2.47. The minimum absolute atomic E-state index is 0.436. The van der Waals surface area contributed by atoms with E-state index in [1.807, 2.05) is 0 Å². The Balaban J connectivity index is 3.26. The highest BCUT2D eigenvalue weighted by Gasteiger charge is 2.15. The van der Waals surface area contributed by atoms with Crippen LogP contribution in [-0.4, -0.2) is 31.1 Å². The summed E-state index contributed by atoms with van der Waals surface area (Å²) >= 11 is 0. The molecule has 0 amide bonds. The zero-order valence-corrected chi connectivity index (χ0v) is 13.7. The lowest BCUT2D eigenvalue weighted by Gasteiger charge is -2.10. The van der Waals surface area contributed by atoms with Gasteiger partial charge in [0.2, 0.25) is 0 Å². The van der Waals surface area contributed by atoms with Gasteiger partial charge in [-0.15, -0.1) is 0 Å². The zero-order chi connectivity index (χ0) is 15.8. The number of rotatable bonds is 15. The molecule has 0 radical (unpaired) electrons. The summed E-state index contributed by atoms with van der Waals surface area (Å²) in [6.07, 6.45) is 15.4. The van der Waals surface area contributed by atoms with Crippen LogP contribution < -0.4 is 0 Å². The summed E-state index contributed by atoms with van der Waals surface area (Å²) in [5.41, 5.74) is 0. The number of ether oxygens (including phenoxy) is 2. The Kier molecular flexibility index (Phi) is 14.9. The van der Waals surface area contributed by atoms with Crippen molar-refractivity contribution in [3.05, 3.63) is 12.2 Å². The molecule has 0 saturated carbocycles. The molecule has 21 heavy (non-hydrogen) atoms. The largest absolute Gasteiger partial charge is 0.477 e. The van der Waals surface area contributed by atoms with E-state index in [-0.39, 0.29) is 0 Å². The molecule has 1 N–H and O–H groups in total. The fourth-order valence-electron chi connectivity index (χ4n) is 2.07. The van der Waals surface area contributed by atoms with Gasteiger partial charge in [-0.3, -0.25) is 0 Å². The Morgan fingerprint density at radius 2 is 1.57 bits per heavy atom. The van der Waals surface area contributed by atoms with Crippen molar-refractivity contribution in [2.45, 2.75) is 77.4 Å². The second-order valence-corrected chi connectivity index (χ2v) is 5.30. The molecule has 0 rings (SSSR count). The second kappa shape index (κ2) is 15.5. The highest BCUT2D eigenvalue weighted by atomic mass is 16.7. The Bertz CT molecular complexity index is 264. The van der Waals surface area contributed by atoms with Gasteiger partial charge in [-0.2, -0.15) is 0 Å². The van der Waals surface area contributed by atoms with Crippen LogP contribution in [0.2, 0.25) is 0 Å². The Labute approximate surface area is 129 Å². The molecule has 0 aliphatic carbocycles. The smallest absolute Gasteiger partial charge is 0.361 e. The first-order valence-electron chi connectivity index (χ1n) is 8.24. The summed E-state index contributed by atoms with van der Waals surface area (Å²) in [4.78, 5) is 10.6. The standard InChI is InChI=1S/C17H32O4/c1-3-4-5-6-7-8-9-10-11-12-13-14-15-21-17(20-2)16(18)19/h9-10,17H,3-8,11-15H2,1-2H3,(H,18,19)/b10-9-. The summed E-state index contributed by atoms with van der Waals surface area (Å²) < 4.78 is 9.79. The minimum Gasteiger partial charge on any atom is -0.477 e. The number of carbonyl (C=O) groups is 1. The Hall–Kier alpha value is -0.870. The van der Waals surface area contributed by atoms with Gasteiger partial charge in [0.15, 0.2) is 0 Å². The molecular weight excluding hydrogens is 268 g/mol. The lowest BCUT2D eigenvalue weighted by atomic mass is 10.1. The van der Waals surface area contributed by atoms with Crippen LogP contribution in [0.5, 0.6) is 0 Å². The number of carboxylic acids is 1. The van der Waals surface area contributed by atoms with Gasteiger partial charge in [-0.1, -0.05) is 51.2 Å². The first-order chi connectivity index (χ1) is 10.2. The number of unbranched alkanes of at least 4 members (excludes halogenated alkanes) is 8. The van der Waals surface area contributed by atoms with Crippen molar-refractivity contribution in [1.29, 1.82) is 0 Å². The van der Waals surface area contributed by atoms with Gasteiger partial charge in [0, 0.05) is 7.11 Å². The molecular formula is C17H32O4. The molecule has 0 aromatic rings. The van der Waals surface area contributed by atoms with Gasteiger partial charge >= 0.3 is 5.97 Å². The van der Waals surface area contributed by atoms with Crippen molar-refractivity contribution >= 4 is 5.97 Å². The Morgan fingerprint density at radius 1 is 1.00 bits per heavy atom. The topological polar surface area (TPSA) is 55.8 Å². The molecule has 0 spiro atoms. The van der Waals surface area contributed by atoms with E-state index < -0.39 is 12.3 Å². The third kappa shape index (κ3) is 13.9. The van der Waals surface area contributed by atoms with Gasteiger partial charge in [0.25, 0.3) is 6.29 Å². The first-order valence-corrected chi connectivity index (χ1v) is 8.24. The molecule has 0 aromatic carbocycles. The van der Waals surface area contributed by atoms with Gasteiger partial charge in [-0.25, -0.2) is 4.79 Å². The molecule has 0 aliphatic heterocycles. The van der Waals surface area contributed by atoms with Gasteiger partial charge < -0.3 is 14.6 Å². The molecule has 4 nitrogen and oxygen atoms in total. The van der Waals surface area contributed by atoms with E-state index in [0.717, 1.165) is 25.7 Å². The summed E-state index contributed by atoms with van der Waals surface area (Å²) in [6, 6.07) is 0. The number of allylic oxidation sites excluding steroid dienone is 2. The summed E-state index contributed by atoms with van der Waals surface area (Å²) in [5.74, 6) is -1.07. The van der Waals surface area contributed by atoms with Crippen LogP contribution in [0, 0.1) is 0 Å². The lowest BCUT2D eigenvalue weighted by molar-refractivity contribution is -0.183. The van der Waals surface area contributed by atoms with Gasteiger partial charge in [0.05, 0.1) is 6.61 Å². The molecule has 0 saturated heterocycles. The lowest BCUT2D eigenvalue weighted by Crippen LogP contribution is -2.26. The van der Waals surface area contributed by atoms with E-state index in [0.29, 0.717) is 6.61 Å². The fourth-order valence-corrected chi connectivity index (χ4v) is 2.07. The quantitative estimate of drug-likeness (QED) is 0.274. The molecule has 1 unspecified atom stereocenters.